The van der Waals surface area contributed by atoms with Crippen molar-refractivity contribution in [2.75, 3.05) is 31.1 Å². The molecule has 0 saturated heterocycles. The summed E-state index contributed by atoms with van der Waals surface area (Å²) < 4.78 is 0. The Balaban J connectivity index is 2.48. The number of hydrogen-bond acceptors (Lipinski definition) is 5. The van der Waals surface area contributed by atoms with E-state index < -0.39 is 0 Å². The van der Waals surface area contributed by atoms with Crippen LogP contribution in [-0.2, 0) is 0 Å². The molecule has 2 rings (SSSR count). The molecule has 2 aromatic rings. The van der Waals surface area contributed by atoms with Crippen molar-refractivity contribution in [2.45, 2.75) is 26.7 Å². The maximum absolute atomic E-state index is 9.27. The molecule has 5 nitrogen and oxygen atoms in total. The molecule has 0 radical (unpaired) electrons. The average molecular weight is 389 g/mol. The van der Waals surface area contributed by atoms with Gasteiger partial charge >= 0.3 is 0 Å². The molecule has 5 heteroatoms. The summed E-state index contributed by atoms with van der Waals surface area (Å²) in [5, 5.41) is 32.2. The van der Waals surface area contributed by atoms with Crippen molar-refractivity contribution >= 4 is 17.0 Å². The summed E-state index contributed by atoms with van der Waals surface area (Å²) in [6.45, 7) is 6.90. The molecule has 2 aromatic carbocycles. The summed E-state index contributed by atoms with van der Waals surface area (Å²) in [7, 11) is 0. The van der Waals surface area contributed by atoms with E-state index >= 15 is 0 Å². The lowest BCUT2D eigenvalue weighted by Crippen LogP contribution is -2.26. The van der Waals surface area contributed by atoms with Crippen LogP contribution in [0, 0.1) is 22.7 Å². The lowest BCUT2D eigenvalue weighted by atomic mass is 10.1. The van der Waals surface area contributed by atoms with Crippen LogP contribution >= 0.6 is 0 Å². The third kappa shape index (κ3) is 5.85. The zero-order chi connectivity index (χ0) is 21.1. The molecule has 0 aliphatic heterocycles. The Bertz CT molecular complexity index is 952. The molecule has 0 aliphatic carbocycles. The predicted molar refractivity (Wildman–Crippen MR) is 117 cm³/mol. The monoisotopic (exact) mass is 388 g/mol. The number of anilines is 1. The molecule has 0 aromatic heterocycles. The number of nitrogens with zero attached hydrogens (tertiary/aromatic N) is 3. The standard InChI is InChI=1S/C24H28N4O/c1-3-14-28(15-4-2)23-11-9-21(10-12-23)24(27-13-16-29)20-7-5-19(6-8-20)22(17-25)18-26/h5-12,27,29H,3-4,13-16H2,1-2H3. The number of aliphatic hydroxyl groups is 1. The molecular formula is C24H28N4O. The maximum Gasteiger partial charge on any atom is 0.136 e. The normalized spacial score (nSPS) is 9.97. The maximum atomic E-state index is 9.27. The van der Waals surface area contributed by atoms with Crippen molar-refractivity contribution in [1.29, 1.82) is 10.5 Å². The van der Waals surface area contributed by atoms with E-state index in [-0.39, 0.29) is 12.2 Å². The highest BCUT2D eigenvalue weighted by Gasteiger charge is 2.07. The van der Waals surface area contributed by atoms with Gasteiger partial charge in [0.2, 0.25) is 0 Å². The van der Waals surface area contributed by atoms with Gasteiger partial charge in [0.05, 0.1) is 6.61 Å². The fraction of sp³-hybridized carbons (Fsp3) is 0.333. The number of aliphatic hydroxyl groups excluding tert-OH is 1. The largest absolute Gasteiger partial charge is 0.395 e. The minimum Gasteiger partial charge on any atom is -0.395 e. The number of nitrogens with one attached hydrogen (secondary N) is 1. The fourth-order valence-electron chi connectivity index (χ4n) is 3.26. The minimum absolute atomic E-state index is 0.0290. The molecule has 0 unspecified atom stereocenters. The first-order chi connectivity index (χ1) is 14.2. The first-order valence-electron chi connectivity index (χ1n) is 10.0. The number of nitriles is 2. The van der Waals surface area contributed by atoms with Crippen LogP contribution in [0.5, 0.6) is 0 Å². The van der Waals surface area contributed by atoms with Gasteiger partial charge < -0.3 is 15.3 Å². The molecule has 0 aliphatic rings. The molecule has 0 heterocycles. The fourth-order valence-corrected chi connectivity index (χ4v) is 3.26. The second kappa shape index (κ2) is 11.5. The van der Waals surface area contributed by atoms with Crippen LogP contribution in [0.15, 0.2) is 48.5 Å². The topological polar surface area (TPSA) is 83.1 Å². The summed E-state index contributed by atoms with van der Waals surface area (Å²) in [6, 6.07) is 19.6. The van der Waals surface area contributed by atoms with E-state index in [9.17, 15) is 5.11 Å². The van der Waals surface area contributed by atoms with E-state index in [0.717, 1.165) is 42.4 Å². The van der Waals surface area contributed by atoms with Crippen LogP contribution in [-0.4, -0.2) is 31.3 Å². The molecule has 0 saturated carbocycles. The van der Waals surface area contributed by atoms with Gasteiger partial charge in [0.15, 0.2) is 0 Å². The van der Waals surface area contributed by atoms with E-state index in [0.29, 0.717) is 11.8 Å². The molecule has 0 amide bonds. The molecule has 29 heavy (non-hydrogen) atoms. The number of rotatable bonds is 9. The summed E-state index contributed by atoms with van der Waals surface area (Å²) in [5.41, 5.74) is 3.23. The van der Waals surface area contributed by atoms with Gasteiger partial charge in [-0.2, -0.15) is 10.5 Å². The summed E-state index contributed by atoms with van der Waals surface area (Å²) in [6.07, 6.45) is 2.21. The average Bonchev–Trinajstić information content (AvgIpc) is 2.76. The van der Waals surface area contributed by atoms with Gasteiger partial charge in [-0.15, -0.1) is 0 Å². The zero-order valence-corrected chi connectivity index (χ0v) is 17.2. The van der Waals surface area contributed by atoms with Gasteiger partial charge in [-0.3, -0.25) is 0 Å². The van der Waals surface area contributed by atoms with Crippen molar-refractivity contribution < 1.29 is 5.11 Å². The van der Waals surface area contributed by atoms with Gasteiger partial charge in [-0.05, 0) is 35.8 Å². The van der Waals surface area contributed by atoms with Crippen LogP contribution < -0.4 is 20.7 Å². The van der Waals surface area contributed by atoms with Crippen molar-refractivity contribution in [1.82, 2.24) is 5.32 Å². The lowest BCUT2D eigenvalue weighted by Gasteiger charge is -2.24. The molecular weight excluding hydrogens is 360 g/mol. The Morgan fingerprint density at radius 1 is 0.897 bits per heavy atom. The van der Waals surface area contributed by atoms with Crippen LogP contribution in [0.25, 0.3) is 11.3 Å². The van der Waals surface area contributed by atoms with Gasteiger partial charge in [0.25, 0.3) is 0 Å². The van der Waals surface area contributed by atoms with Crippen molar-refractivity contribution in [3.8, 4) is 12.1 Å². The highest BCUT2D eigenvalue weighted by Crippen LogP contribution is 2.18. The smallest absolute Gasteiger partial charge is 0.136 e. The Hall–Kier alpha value is -3.28. The lowest BCUT2D eigenvalue weighted by molar-refractivity contribution is 0.299. The summed E-state index contributed by atoms with van der Waals surface area (Å²) in [4.78, 5) is 2.39. The van der Waals surface area contributed by atoms with Crippen LogP contribution in [0.1, 0.15) is 32.3 Å². The Kier molecular flexibility index (Phi) is 8.76. The van der Waals surface area contributed by atoms with E-state index in [1.54, 1.807) is 12.1 Å². The van der Waals surface area contributed by atoms with Crippen LogP contribution in [0.2, 0.25) is 0 Å². The highest BCUT2D eigenvalue weighted by molar-refractivity contribution is 5.72. The van der Waals surface area contributed by atoms with Crippen molar-refractivity contribution in [2.24, 2.45) is 0 Å². The van der Waals surface area contributed by atoms with E-state index in [1.165, 1.54) is 5.69 Å². The third-order valence-corrected chi connectivity index (χ3v) is 4.61. The molecule has 0 fully saturated rings. The Labute approximate surface area is 172 Å². The first-order valence-corrected chi connectivity index (χ1v) is 10.0. The third-order valence-electron chi connectivity index (χ3n) is 4.61. The van der Waals surface area contributed by atoms with E-state index in [4.69, 9.17) is 10.5 Å². The van der Waals surface area contributed by atoms with E-state index in [2.05, 4.69) is 48.3 Å². The molecule has 0 spiro atoms. The van der Waals surface area contributed by atoms with Gasteiger partial charge in [0.1, 0.15) is 17.7 Å². The van der Waals surface area contributed by atoms with Gasteiger partial charge in [-0.1, -0.05) is 50.2 Å². The SMILES string of the molecule is CCCN(CCC)c1ccc(C(NCCO)=c2ccc(=C(C#N)C#N)cc2)cc1. The summed E-state index contributed by atoms with van der Waals surface area (Å²) >= 11 is 0. The summed E-state index contributed by atoms with van der Waals surface area (Å²) in [5.74, 6) is 0. The van der Waals surface area contributed by atoms with Crippen LogP contribution in [0.3, 0.4) is 0 Å². The van der Waals surface area contributed by atoms with Crippen molar-refractivity contribution in [3.63, 3.8) is 0 Å². The molecule has 0 atom stereocenters. The minimum atomic E-state index is 0.0290. The van der Waals surface area contributed by atoms with Gasteiger partial charge in [-0.25, -0.2) is 0 Å². The highest BCUT2D eigenvalue weighted by atomic mass is 16.3. The second-order valence-electron chi connectivity index (χ2n) is 6.74. The molecule has 150 valence electrons. The zero-order valence-electron chi connectivity index (χ0n) is 17.2. The number of hydrogen-bond donors (Lipinski definition) is 2. The quantitative estimate of drug-likeness (QED) is 0.688. The Morgan fingerprint density at radius 3 is 1.93 bits per heavy atom. The van der Waals surface area contributed by atoms with Crippen LogP contribution in [0.4, 0.5) is 5.69 Å². The first kappa shape index (κ1) is 22.0. The molecule has 0 bridgehead atoms. The molecule has 2 N–H and O–H groups in total. The van der Waals surface area contributed by atoms with E-state index in [1.807, 2.05) is 24.3 Å². The second-order valence-corrected chi connectivity index (χ2v) is 6.74. The Morgan fingerprint density at radius 2 is 1.45 bits per heavy atom. The van der Waals surface area contributed by atoms with Crippen molar-refractivity contribution in [3.05, 3.63) is 64.5 Å². The van der Waals surface area contributed by atoms with Gasteiger partial charge in [0, 0.05) is 36.2 Å². The predicted octanol–water partition coefficient (Wildman–Crippen LogP) is 2.25. The number of benzene rings is 2.